The molecule has 1 aliphatic rings. The molecule has 2 heterocycles. The standard InChI is InChI=1S/C15H19ClN2/c1-9(2)7-14-15-12(5-6-17-14)11-4-3-10(16)8-13(11)18-15/h3-4,8-9,14,17-18H,5-7H2,1-2H3. The molecule has 1 aromatic heterocycles. The lowest BCUT2D eigenvalue weighted by molar-refractivity contribution is 0.409. The summed E-state index contributed by atoms with van der Waals surface area (Å²) in [7, 11) is 0. The van der Waals surface area contributed by atoms with Gasteiger partial charge in [-0.05, 0) is 43.0 Å². The van der Waals surface area contributed by atoms with Gasteiger partial charge < -0.3 is 10.3 Å². The van der Waals surface area contributed by atoms with Crippen molar-refractivity contribution in [3.63, 3.8) is 0 Å². The van der Waals surface area contributed by atoms with E-state index in [-0.39, 0.29) is 0 Å². The van der Waals surface area contributed by atoms with Gasteiger partial charge in [-0.25, -0.2) is 0 Å². The van der Waals surface area contributed by atoms with Gasteiger partial charge in [0, 0.05) is 27.7 Å². The van der Waals surface area contributed by atoms with Gasteiger partial charge in [0.05, 0.1) is 0 Å². The van der Waals surface area contributed by atoms with Crippen molar-refractivity contribution in [2.45, 2.75) is 32.7 Å². The number of aromatic nitrogens is 1. The lowest BCUT2D eigenvalue weighted by atomic mass is 9.93. The first kappa shape index (κ1) is 12.1. The zero-order valence-electron chi connectivity index (χ0n) is 10.9. The molecule has 3 heteroatoms. The molecule has 3 rings (SSSR count). The van der Waals surface area contributed by atoms with Gasteiger partial charge in [0.1, 0.15) is 0 Å². The zero-order chi connectivity index (χ0) is 12.7. The number of fused-ring (bicyclic) bond motifs is 3. The lowest BCUT2D eigenvalue weighted by Crippen LogP contribution is -2.30. The van der Waals surface area contributed by atoms with Crippen LogP contribution in [0, 0.1) is 5.92 Å². The summed E-state index contributed by atoms with van der Waals surface area (Å²) in [6.07, 6.45) is 2.28. The van der Waals surface area contributed by atoms with Crippen molar-refractivity contribution < 1.29 is 0 Å². The summed E-state index contributed by atoms with van der Waals surface area (Å²) in [6.45, 7) is 5.62. The first-order valence-corrected chi connectivity index (χ1v) is 7.06. The number of halogens is 1. The van der Waals surface area contributed by atoms with E-state index < -0.39 is 0 Å². The summed E-state index contributed by atoms with van der Waals surface area (Å²) in [5.41, 5.74) is 4.02. The normalized spacial score (nSPS) is 19.4. The Hall–Kier alpha value is -0.990. The fourth-order valence-electron chi connectivity index (χ4n) is 2.96. The maximum atomic E-state index is 6.07. The highest BCUT2D eigenvalue weighted by atomic mass is 35.5. The van der Waals surface area contributed by atoms with E-state index in [1.165, 1.54) is 28.6 Å². The van der Waals surface area contributed by atoms with Crippen LogP contribution in [0.2, 0.25) is 5.02 Å². The first-order chi connectivity index (χ1) is 8.65. The second-order valence-electron chi connectivity index (χ2n) is 5.59. The molecule has 2 N–H and O–H groups in total. The molecule has 0 saturated heterocycles. The van der Waals surface area contributed by atoms with Crippen LogP contribution in [0.3, 0.4) is 0 Å². The maximum Gasteiger partial charge on any atom is 0.0478 e. The van der Waals surface area contributed by atoms with E-state index in [0.29, 0.717) is 12.0 Å². The van der Waals surface area contributed by atoms with Gasteiger partial charge in [-0.1, -0.05) is 31.5 Å². The molecule has 1 unspecified atom stereocenters. The molecule has 0 spiro atoms. The Bertz CT molecular complexity index is 571. The van der Waals surface area contributed by atoms with Gasteiger partial charge in [0.25, 0.3) is 0 Å². The second kappa shape index (κ2) is 4.60. The third kappa shape index (κ3) is 2.04. The molecule has 0 fully saturated rings. The van der Waals surface area contributed by atoms with Crippen LogP contribution in [0.5, 0.6) is 0 Å². The Labute approximate surface area is 113 Å². The Morgan fingerprint density at radius 3 is 3.00 bits per heavy atom. The average molecular weight is 263 g/mol. The molecule has 1 atom stereocenters. The third-order valence-electron chi connectivity index (χ3n) is 3.72. The molecule has 0 bridgehead atoms. The van der Waals surface area contributed by atoms with Crippen molar-refractivity contribution in [3.8, 4) is 0 Å². The molecule has 0 amide bonds. The minimum Gasteiger partial charge on any atom is -0.357 e. The number of hydrogen-bond donors (Lipinski definition) is 2. The molecule has 2 nitrogen and oxygen atoms in total. The molecular weight excluding hydrogens is 244 g/mol. The molecular formula is C15H19ClN2. The lowest BCUT2D eigenvalue weighted by Gasteiger charge is -2.25. The van der Waals surface area contributed by atoms with Gasteiger partial charge in [-0.2, -0.15) is 0 Å². The topological polar surface area (TPSA) is 27.8 Å². The highest BCUT2D eigenvalue weighted by Gasteiger charge is 2.24. The quantitative estimate of drug-likeness (QED) is 0.840. The molecule has 18 heavy (non-hydrogen) atoms. The van der Waals surface area contributed by atoms with E-state index in [0.717, 1.165) is 18.0 Å². The van der Waals surface area contributed by atoms with Crippen LogP contribution in [0.4, 0.5) is 0 Å². The van der Waals surface area contributed by atoms with Crippen molar-refractivity contribution >= 4 is 22.5 Å². The highest BCUT2D eigenvalue weighted by Crippen LogP contribution is 2.33. The summed E-state index contributed by atoms with van der Waals surface area (Å²) in [6, 6.07) is 6.61. The SMILES string of the molecule is CC(C)CC1NCCc2c1[nH]c1cc(Cl)ccc21. The van der Waals surface area contributed by atoms with Gasteiger partial charge in [-0.3, -0.25) is 0 Å². The number of nitrogens with one attached hydrogen (secondary N) is 2. The van der Waals surface area contributed by atoms with Gasteiger partial charge in [-0.15, -0.1) is 0 Å². The van der Waals surface area contributed by atoms with Crippen LogP contribution in [-0.4, -0.2) is 11.5 Å². The minimum atomic E-state index is 0.458. The summed E-state index contributed by atoms with van der Waals surface area (Å²) >= 11 is 6.07. The number of aromatic amines is 1. The Kier molecular flexibility index (Phi) is 3.08. The number of H-pyrrole nitrogens is 1. The van der Waals surface area contributed by atoms with Crippen LogP contribution in [0.15, 0.2) is 18.2 Å². The van der Waals surface area contributed by atoms with Gasteiger partial charge >= 0.3 is 0 Å². The van der Waals surface area contributed by atoms with E-state index in [1.807, 2.05) is 12.1 Å². The van der Waals surface area contributed by atoms with Gasteiger partial charge in [0.15, 0.2) is 0 Å². The van der Waals surface area contributed by atoms with Crippen molar-refractivity contribution in [1.82, 2.24) is 10.3 Å². The van der Waals surface area contributed by atoms with E-state index in [2.05, 4.69) is 30.2 Å². The van der Waals surface area contributed by atoms with Crippen molar-refractivity contribution in [1.29, 1.82) is 0 Å². The minimum absolute atomic E-state index is 0.458. The number of rotatable bonds is 2. The van der Waals surface area contributed by atoms with Crippen LogP contribution in [0.1, 0.15) is 37.6 Å². The monoisotopic (exact) mass is 262 g/mol. The summed E-state index contributed by atoms with van der Waals surface area (Å²) in [4.78, 5) is 3.57. The van der Waals surface area contributed by atoms with Crippen molar-refractivity contribution in [2.24, 2.45) is 5.92 Å². The molecule has 1 aromatic carbocycles. The van der Waals surface area contributed by atoms with Gasteiger partial charge in [0.2, 0.25) is 0 Å². The highest BCUT2D eigenvalue weighted by molar-refractivity contribution is 6.31. The fraction of sp³-hybridized carbons (Fsp3) is 0.467. The van der Waals surface area contributed by atoms with Crippen LogP contribution < -0.4 is 5.32 Å². The Balaban J connectivity index is 2.09. The molecule has 2 aromatic rings. The molecule has 0 aliphatic carbocycles. The molecule has 1 aliphatic heterocycles. The van der Waals surface area contributed by atoms with Crippen LogP contribution in [-0.2, 0) is 6.42 Å². The predicted octanol–water partition coefficient (Wildman–Crippen LogP) is 4.05. The van der Waals surface area contributed by atoms with Crippen molar-refractivity contribution in [2.75, 3.05) is 6.54 Å². The van der Waals surface area contributed by atoms with E-state index >= 15 is 0 Å². The van der Waals surface area contributed by atoms with Crippen molar-refractivity contribution in [3.05, 3.63) is 34.5 Å². The summed E-state index contributed by atoms with van der Waals surface area (Å²) in [5.74, 6) is 0.698. The number of benzene rings is 1. The largest absolute Gasteiger partial charge is 0.357 e. The predicted molar refractivity (Wildman–Crippen MR) is 77.2 cm³/mol. The smallest absolute Gasteiger partial charge is 0.0478 e. The van der Waals surface area contributed by atoms with Crippen LogP contribution in [0.25, 0.3) is 10.9 Å². The summed E-state index contributed by atoms with van der Waals surface area (Å²) < 4.78 is 0. The zero-order valence-corrected chi connectivity index (χ0v) is 11.6. The first-order valence-electron chi connectivity index (χ1n) is 6.68. The summed E-state index contributed by atoms with van der Waals surface area (Å²) in [5, 5.41) is 5.76. The maximum absolute atomic E-state index is 6.07. The Morgan fingerprint density at radius 2 is 2.22 bits per heavy atom. The number of hydrogen-bond acceptors (Lipinski definition) is 1. The fourth-order valence-corrected chi connectivity index (χ4v) is 3.13. The average Bonchev–Trinajstić information content (AvgIpc) is 2.67. The molecule has 0 saturated carbocycles. The van der Waals surface area contributed by atoms with E-state index in [1.54, 1.807) is 0 Å². The third-order valence-corrected chi connectivity index (χ3v) is 3.96. The van der Waals surface area contributed by atoms with E-state index in [9.17, 15) is 0 Å². The van der Waals surface area contributed by atoms with E-state index in [4.69, 9.17) is 11.6 Å². The van der Waals surface area contributed by atoms with Crippen LogP contribution >= 0.6 is 11.6 Å². The molecule has 96 valence electrons. The Morgan fingerprint density at radius 1 is 1.39 bits per heavy atom. The second-order valence-corrected chi connectivity index (χ2v) is 6.03. The molecule has 0 radical (unpaired) electrons.